The molecular weight excluding hydrogens is 765 g/mol. The van der Waals surface area contributed by atoms with E-state index in [9.17, 15) is 32.7 Å². The Balaban J connectivity index is 1.29. The number of hydrogen-bond acceptors (Lipinski definition) is 3. The summed E-state index contributed by atoms with van der Waals surface area (Å²) in [5.74, 6) is -3.22. The lowest BCUT2D eigenvalue weighted by atomic mass is 9.94. The van der Waals surface area contributed by atoms with Crippen molar-refractivity contribution < 1.29 is 32.7 Å². The van der Waals surface area contributed by atoms with Crippen molar-refractivity contribution in [3.63, 3.8) is 0 Å². The Morgan fingerprint density at radius 2 is 1.31 bits per heavy atom. The van der Waals surface area contributed by atoms with Crippen molar-refractivity contribution in [1.82, 2.24) is 10.6 Å². The van der Waals surface area contributed by atoms with Crippen molar-refractivity contribution in [3.8, 4) is 22.3 Å². The maximum absolute atomic E-state index is 13.6. The summed E-state index contributed by atoms with van der Waals surface area (Å²) in [5.41, 5.74) is 4.31. The van der Waals surface area contributed by atoms with Gasteiger partial charge in [0.25, 0.3) is 5.91 Å². The summed E-state index contributed by atoms with van der Waals surface area (Å²) >= 11 is 7.03. The van der Waals surface area contributed by atoms with Crippen molar-refractivity contribution in [2.75, 3.05) is 6.54 Å². The normalized spacial score (nSPS) is 11.9. The molecule has 0 saturated heterocycles. The third kappa shape index (κ3) is 9.04. The van der Waals surface area contributed by atoms with E-state index >= 15 is 0 Å². The van der Waals surface area contributed by atoms with Gasteiger partial charge in [0.15, 0.2) is 0 Å². The van der Waals surface area contributed by atoms with E-state index in [2.05, 4.69) is 42.5 Å². The van der Waals surface area contributed by atoms with Gasteiger partial charge >= 0.3 is 18.1 Å². The van der Waals surface area contributed by atoms with Gasteiger partial charge in [0.1, 0.15) is 0 Å². The fourth-order valence-electron chi connectivity index (χ4n) is 5.40. The Bertz CT molecular complexity index is 1940. The van der Waals surface area contributed by atoms with Crippen LogP contribution in [0.25, 0.3) is 22.3 Å². The van der Waals surface area contributed by atoms with E-state index in [0.29, 0.717) is 44.2 Å². The number of halogens is 5. The third-order valence-electron chi connectivity index (χ3n) is 7.93. The van der Waals surface area contributed by atoms with Gasteiger partial charge in [0, 0.05) is 21.1 Å². The molecule has 0 spiro atoms. The molecule has 6 nitrogen and oxygen atoms in total. The molecule has 0 aliphatic heterocycles. The van der Waals surface area contributed by atoms with E-state index in [0.717, 1.165) is 22.8 Å². The molecule has 0 saturated carbocycles. The van der Waals surface area contributed by atoms with Crippen LogP contribution in [0.3, 0.4) is 0 Å². The Morgan fingerprint density at radius 3 is 1.92 bits per heavy atom. The van der Waals surface area contributed by atoms with Crippen molar-refractivity contribution in [2.24, 2.45) is 0 Å². The molecule has 0 radical (unpaired) electrons. The number of hydrogen-bond donors (Lipinski definition) is 3. The van der Waals surface area contributed by atoms with Crippen LogP contribution < -0.4 is 10.6 Å². The molecule has 3 N–H and O–H groups in total. The molecule has 0 aliphatic rings. The van der Waals surface area contributed by atoms with Gasteiger partial charge in [-0.25, -0.2) is 4.79 Å². The van der Waals surface area contributed by atoms with Gasteiger partial charge in [0.2, 0.25) is 0 Å². The Labute approximate surface area is 297 Å². The third-order valence-corrected chi connectivity index (χ3v) is 9.34. The van der Waals surface area contributed by atoms with Crippen LogP contribution in [-0.2, 0) is 28.6 Å². The van der Waals surface area contributed by atoms with Crippen LogP contribution in [-0.4, -0.2) is 29.4 Å². The van der Waals surface area contributed by atoms with Crippen LogP contribution >= 0.6 is 31.9 Å². The van der Waals surface area contributed by atoms with Crippen LogP contribution in [0.2, 0.25) is 0 Å². The number of rotatable bonds is 10. The smallest absolute Gasteiger partial charge is 0.417 e. The summed E-state index contributed by atoms with van der Waals surface area (Å²) in [6, 6.07) is 31.9. The molecule has 49 heavy (non-hydrogen) atoms. The van der Waals surface area contributed by atoms with Gasteiger partial charge in [-0.3, -0.25) is 9.59 Å². The molecule has 5 aromatic rings. The molecule has 250 valence electrons. The zero-order valence-electron chi connectivity index (χ0n) is 25.7. The number of benzene rings is 5. The maximum Gasteiger partial charge on any atom is 0.417 e. The van der Waals surface area contributed by atoms with Gasteiger partial charge < -0.3 is 15.7 Å². The largest absolute Gasteiger partial charge is 0.474 e. The van der Waals surface area contributed by atoms with E-state index in [1.807, 2.05) is 54.6 Å². The summed E-state index contributed by atoms with van der Waals surface area (Å²) in [7, 11) is 0. The monoisotopic (exact) mass is 792 g/mol. The number of carbonyl (C=O) groups excluding carboxylic acids is 2. The molecule has 11 heteroatoms. The van der Waals surface area contributed by atoms with Crippen LogP contribution in [0, 0.1) is 0 Å². The zero-order chi connectivity index (χ0) is 35.1. The first-order valence-electron chi connectivity index (χ1n) is 15.1. The van der Waals surface area contributed by atoms with E-state index in [1.54, 1.807) is 24.3 Å². The molecule has 5 aromatic carbocycles. The fraction of sp³-hybridized carbons (Fsp3) is 0.132. The quantitative estimate of drug-likeness (QED) is 0.123. The van der Waals surface area contributed by atoms with Crippen molar-refractivity contribution in [3.05, 3.63) is 152 Å². The highest BCUT2D eigenvalue weighted by atomic mass is 79.9. The summed E-state index contributed by atoms with van der Waals surface area (Å²) in [6.07, 6.45) is -3.82. The Kier molecular flexibility index (Phi) is 11.4. The lowest BCUT2D eigenvalue weighted by molar-refractivity contribution is -0.150. The second-order valence-corrected chi connectivity index (χ2v) is 12.9. The molecule has 5 rings (SSSR count). The second-order valence-electron chi connectivity index (χ2n) is 11.2. The lowest BCUT2D eigenvalue weighted by Gasteiger charge is -2.21. The summed E-state index contributed by atoms with van der Waals surface area (Å²) in [4.78, 5) is 36.7. The van der Waals surface area contributed by atoms with Crippen LogP contribution in [0.5, 0.6) is 0 Å². The van der Waals surface area contributed by atoms with Crippen molar-refractivity contribution in [2.45, 2.75) is 25.1 Å². The first kappa shape index (κ1) is 35.6. The predicted octanol–water partition coefficient (Wildman–Crippen LogP) is 9.02. The number of carboxylic acids is 1. The molecule has 1 unspecified atom stereocenters. The van der Waals surface area contributed by atoms with Crippen molar-refractivity contribution >= 4 is 49.6 Å². The van der Waals surface area contributed by atoms with Gasteiger partial charge in [-0.15, -0.1) is 0 Å². The van der Waals surface area contributed by atoms with Crippen molar-refractivity contribution in [1.29, 1.82) is 0 Å². The number of amides is 2. The summed E-state index contributed by atoms with van der Waals surface area (Å²) < 4.78 is 41.9. The van der Waals surface area contributed by atoms with Gasteiger partial charge in [-0.05, 0) is 70.0 Å². The molecule has 1 atom stereocenters. The molecule has 0 aliphatic carbocycles. The minimum atomic E-state index is -4.55. The number of aliphatic carboxylic acids is 1. The highest BCUT2D eigenvalue weighted by molar-refractivity contribution is 9.11. The van der Waals surface area contributed by atoms with E-state index in [1.165, 1.54) is 30.3 Å². The number of carboxylic acid groups (broad SMARTS) is 1. The first-order valence-corrected chi connectivity index (χ1v) is 16.7. The zero-order valence-corrected chi connectivity index (χ0v) is 28.9. The minimum Gasteiger partial charge on any atom is -0.474 e. The molecule has 2 amide bonds. The van der Waals surface area contributed by atoms with E-state index < -0.39 is 29.7 Å². The highest BCUT2D eigenvalue weighted by Crippen LogP contribution is 2.38. The predicted molar refractivity (Wildman–Crippen MR) is 189 cm³/mol. The molecule has 0 bridgehead atoms. The van der Waals surface area contributed by atoms with Gasteiger partial charge in [-0.1, -0.05) is 129 Å². The standard InChI is InChI=1S/C38H29Br2F3N2O4/c39-32-20-28(35(46)44-19-18-23-10-12-25(13-11-23)24-6-2-1-3-7-24)21-33(40)30(32)22-34(45-36(47)37(48)49)27-16-14-26(15-17-27)29-8-4-5-9-31(29)38(41,42)43/h1-17,20-21,34H,18-19,22H2,(H,44,46)(H,45,47)(H,48,49). The van der Waals surface area contributed by atoms with Crippen LogP contribution in [0.4, 0.5) is 13.2 Å². The SMILES string of the molecule is O=C(O)C(=O)NC(Cc1c(Br)cc(C(=O)NCCc2ccc(-c3ccccc3)cc2)cc1Br)c1ccc(-c2ccccc2C(F)(F)F)cc1. The Hall–Kier alpha value is -4.74. The number of alkyl halides is 3. The number of nitrogens with one attached hydrogen (secondary N) is 2. The second kappa shape index (κ2) is 15.7. The van der Waals surface area contributed by atoms with E-state index in [-0.39, 0.29) is 17.9 Å². The summed E-state index contributed by atoms with van der Waals surface area (Å²) in [6.45, 7) is 0.410. The first-order chi connectivity index (χ1) is 23.4. The molecular formula is C38H29Br2F3N2O4. The van der Waals surface area contributed by atoms with Gasteiger partial charge in [-0.2, -0.15) is 13.2 Å². The highest BCUT2D eigenvalue weighted by Gasteiger charge is 2.33. The average molecular weight is 794 g/mol. The Morgan fingerprint density at radius 1 is 0.735 bits per heavy atom. The fourth-order valence-corrected chi connectivity index (χ4v) is 6.91. The topological polar surface area (TPSA) is 95.5 Å². The van der Waals surface area contributed by atoms with Gasteiger partial charge in [0.05, 0.1) is 11.6 Å². The van der Waals surface area contributed by atoms with E-state index in [4.69, 9.17) is 0 Å². The summed E-state index contributed by atoms with van der Waals surface area (Å²) in [5, 5.41) is 14.7. The molecule has 0 heterocycles. The molecule has 0 fully saturated rings. The average Bonchev–Trinajstić information content (AvgIpc) is 3.09. The minimum absolute atomic E-state index is 0.00649. The molecule has 0 aromatic heterocycles. The lowest BCUT2D eigenvalue weighted by Crippen LogP contribution is -2.35. The van der Waals surface area contributed by atoms with Crippen LogP contribution in [0.15, 0.2) is 124 Å². The maximum atomic E-state index is 13.6. The number of carbonyl (C=O) groups is 3. The van der Waals surface area contributed by atoms with Crippen LogP contribution in [0.1, 0.15) is 38.7 Å².